The highest BCUT2D eigenvalue weighted by Gasteiger charge is 2.37. The number of ether oxygens (including phenoxy) is 1. The van der Waals surface area contributed by atoms with Crippen LogP contribution in [-0.4, -0.2) is 72.8 Å². The van der Waals surface area contributed by atoms with Crippen LogP contribution in [0.5, 0.6) is 0 Å². The molecule has 2 aliphatic rings. The normalized spacial score (nSPS) is 15.5. The summed E-state index contributed by atoms with van der Waals surface area (Å²) in [7, 11) is 1.51. The molecule has 42 heavy (non-hydrogen) atoms. The van der Waals surface area contributed by atoms with Gasteiger partial charge in [-0.2, -0.15) is 0 Å². The molecule has 0 aliphatic carbocycles. The van der Waals surface area contributed by atoms with Crippen LogP contribution in [0.2, 0.25) is 5.02 Å². The summed E-state index contributed by atoms with van der Waals surface area (Å²) in [4.78, 5) is 65.5. The van der Waals surface area contributed by atoms with Crippen LogP contribution in [-0.2, 0) is 32.2 Å². The predicted molar refractivity (Wildman–Crippen MR) is 157 cm³/mol. The lowest BCUT2D eigenvalue weighted by Crippen LogP contribution is -2.48. The number of carbonyl (C=O) groups excluding carboxylic acids is 5. The van der Waals surface area contributed by atoms with E-state index in [0.717, 1.165) is 24.2 Å². The highest BCUT2D eigenvalue weighted by molar-refractivity contribution is 6.31. The highest BCUT2D eigenvalue weighted by atomic mass is 35.5. The third-order valence-electron chi connectivity index (χ3n) is 7.55. The van der Waals surface area contributed by atoms with Crippen molar-refractivity contribution in [2.75, 3.05) is 32.2 Å². The lowest BCUT2D eigenvalue weighted by atomic mass is 9.99. The molecule has 1 unspecified atom stereocenters. The number of hydrogen-bond acceptors (Lipinski definition) is 7. The third kappa shape index (κ3) is 7.65. The number of hydrogen-bond donors (Lipinski definition) is 3. The number of halogens is 1. The Morgan fingerprint density at radius 2 is 1.95 bits per heavy atom. The van der Waals surface area contributed by atoms with E-state index < -0.39 is 18.0 Å². The van der Waals surface area contributed by atoms with Gasteiger partial charge in [0, 0.05) is 42.8 Å². The number of amides is 4. The number of carbonyl (C=O) groups is 5. The summed E-state index contributed by atoms with van der Waals surface area (Å²) >= 11 is 6.13. The second-order valence-corrected chi connectivity index (χ2v) is 11.0. The first-order valence-electron chi connectivity index (χ1n) is 14.0. The summed E-state index contributed by atoms with van der Waals surface area (Å²) in [6, 6.07) is 9.19. The van der Waals surface area contributed by atoms with E-state index >= 15 is 0 Å². The third-order valence-corrected chi connectivity index (χ3v) is 7.96. The Morgan fingerprint density at radius 3 is 2.67 bits per heavy atom. The molecule has 12 heteroatoms. The van der Waals surface area contributed by atoms with Crippen LogP contribution in [0.15, 0.2) is 36.4 Å². The van der Waals surface area contributed by atoms with Crippen LogP contribution < -0.4 is 16.0 Å². The summed E-state index contributed by atoms with van der Waals surface area (Å²) in [6.07, 6.45) is 2.32. The molecule has 1 atom stereocenters. The van der Waals surface area contributed by atoms with Gasteiger partial charge in [-0.3, -0.25) is 14.4 Å². The molecular weight excluding hydrogens is 562 g/mol. The molecule has 1 fully saturated rings. The maximum Gasteiger partial charge on any atom is 0.319 e. The van der Waals surface area contributed by atoms with E-state index in [1.54, 1.807) is 24.3 Å². The molecule has 0 aromatic heterocycles. The molecule has 224 valence electrons. The largest absolute Gasteiger partial charge is 0.444 e. The Morgan fingerprint density at radius 1 is 1.19 bits per heavy atom. The smallest absolute Gasteiger partial charge is 0.319 e. The van der Waals surface area contributed by atoms with Gasteiger partial charge in [-0.05, 0) is 74.2 Å². The maximum atomic E-state index is 13.4. The lowest BCUT2D eigenvalue weighted by molar-refractivity contribution is -0.158. The van der Waals surface area contributed by atoms with Crippen LogP contribution in [0, 0.1) is 12.8 Å². The van der Waals surface area contributed by atoms with Crippen molar-refractivity contribution >= 4 is 47.4 Å². The Hall–Kier alpha value is -3.96. The summed E-state index contributed by atoms with van der Waals surface area (Å²) in [5.41, 5.74) is 3.42. The zero-order valence-corrected chi connectivity index (χ0v) is 24.5. The first-order chi connectivity index (χ1) is 20.2. The Balaban J connectivity index is 1.36. The van der Waals surface area contributed by atoms with Gasteiger partial charge in [-0.25, -0.2) is 4.79 Å². The van der Waals surface area contributed by atoms with E-state index in [9.17, 15) is 24.0 Å². The molecule has 0 saturated carbocycles. The van der Waals surface area contributed by atoms with Crippen molar-refractivity contribution in [2.24, 2.45) is 5.92 Å². The summed E-state index contributed by atoms with van der Waals surface area (Å²) in [6.45, 7) is 3.51. The quantitative estimate of drug-likeness (QED) is 0.205. The van der Waals surface area contributed by atoms with Gasteiger partial charge in [-0.1, -0.05) is 29.8 Å². The molecular formula is C30H36ClN5O6. The van der Waals surface area contributed by atoms with Crippen LogP contribution in [0.4, 0.5) is 10.5 Å². The van der Waals surface area contributed by atoms with Gasteiger partial charge in [0.15, 0.2) is 6.73 Å². The maximum absolute atomic E-state index is 13.4. The second-order valence-electron chi connectivity index (χ2n) is 10.6. The Labute approximate surface area is 249 Å². The fourth-order valence-electron chi connectivity index (χ4n) is 5.08. The monoisotopic (exact) mass is 597 g/mol. The molecule has 0 radical (unpaired) electrons. The number of urea groups is 1. The van der Waals surface area contributed by atoms with Crippen molar-refractivity contribution in [3.8, 4) is 0 Å². The van der Waals surface area contributed by atoms with Crippen LogP contribution >= 0.6 is 11.6 Å². The van der Waals surface area contributed by atoms with E-state index in [0.29, 0.717) is 41.0 Å². The number of piperidine rings is 1. The minimum absolute atomic E-state index is 0.0930. The Bertz CT molecular complexity index is 1350. The number of rotatable bonds is 11. The molecule has 2 heterocycles. The molecule has 0 bridgehead atoms. The van der Waals surface area contributed by atoms with E-state index in [2.05, 4.69) is 16.0 Å². The van der Waals surface area contributed by atoms with Crippen molar-refractivity contribution in [1.29, 1.82) is 0 Å². The van der Waals surface area contributed by atoms with Gasteiger partial charge in [0.05, 0.1) is 5.92 Å². The lowest BCUT2D eigenvalue weighted by Gasteiger charge is -2.30. The highest BCUT2D eigenvalue weighted by Crippen LogP contribution is 2.28. The first-order valence-corrected chi connectivity index (χ1v) is 14.4. The molecule has 1 saturated heterocycles. The van der Waals surface area contributed by atoms with Crippen molar-refractivity contribution in [3.05, 3.63) is 63.7 Å². The number of nitrogens with one attached hydrogen (secondary N) is 3. The molecule has 11 nitrogen and oxygen atoms in total. The van der Waals surface area contributed by atoms with Crippen molar-refractivity contribution < 1.29 is 28.7 Å². The average molecular weight is 598 g/mol. The summed E-state index contributed by atoms with van der Waals surface area (Å²) in [5.74, 6) is -1.28. The number of aryl methyl sites for hydroxylation is 1. The van der Waals surface area contributed by atoms with Crippen LogP contribution in [0.3, 0.4) is 0 Å². The van der Waals surface area contributed by atoms with Gasteiger partial charge in [-0.15, -0.1) is 0 Å². The minimum Gasteiger partial charge on any atom is -0.444 e. The van der Waals surface area contributed by atoms with E-state index in [1.807, 2.05) is 19.1 Å². The molecule has 0 spiro atoms. The van der Waals surface area contributed by atoms with Gasteiger partial charge in [0.25, 0.3) is 5.91 Å². The molecule has 2 aromatic rings. The Kier molecular flexibility index (Phi) is 10.5. The van der Waals surface area contributed by atoms with Gasteiger partial charge >= 0.3 is 12.0 Å². The summed E-state index contributed by atoms with van der Waals surface area (Å²) in [5, 5.41) is 9.27. The SMILES string of the molecule is Cc1ccc(NC(=O)NCc2ccc3c(c2)CN(C(CCC=O)C(=O)N(C)COC(=O)C2CCNCC2)C3=O)cc1Cl. The number of benzene rings is 2. The van der Waals surface area contributed by atoms with E-state index in [-0.39, 0.29) is 50.5 Å². The van der Waals surface area contributed by atoms with Gasteiger partial charge in [0.2, 0.25) is 5.91 Å². The number of nitrogens with zero attached hydrogens (tertiary/aromatic N) is 2. The fourth-order valence-corrected chi connectivity index (χ4v) is 5.26. The molecule has 4 amide bonds. The van der Waals surface area contributed by atoms with Gasteiger partial charge < -0.3 is 35.3 Å². The predicted octanol–water partition coefficient (Wildman–Crippen LogP) is 3.23. The number of likely N-dealkylation sites (N-methyl/N-ethyl adjacent to an activating group) is 1. The number of aldehydes is 1. The molecule has 2 aromatic carbocycles. The minimum atomic E-state index is -0.897. The fraction of sp³-hybridized carbons (Fsp3) is 0.433. The molecule has 4 rings (SSSR count). The zero-order chi connectivity index (χ0) is 30.2. The second kappa shape index (κ2) is 14.3. The van der Waals surface area contributed by atoms with Gasteiger partial charge in [0.1, 0.15) is 12.3 Å². The summed E-state index contributed by atoms with van der Waals surface area (Å²) < 4.78 is 5.40. The number of anilines is 1. The van der Waals surface area contributed by atoms with E-state index in [4.69, 9.17) is 16.3 Å². The standard InChI is InChI=1S/C30H36ClN5O6/c1-19-5-7-23(15-25(19)31)34-30(41)33-16-20-6-8-24-22(14-20)17-36(27(24)38)26(4-3-13-37)28(39)35(2)18-42-29(40)21-9-11-32-12-10-21/h5-8,13-15,21,26,32H,3-4,9-12,16-18H2,1-2H3,(H2,33,34,41). The molecule has 2 aliphatic heterocycles. The first kappa shape index (κ1) is 31.0. The number of fused-ring (bicyclic) bond motifs is 1. The number of esters is 1. The zero-order valence-electron chi connectivity index (χ0n) is 23.8. The topological polar surface area (TPSA) is 137 Å². The molecule has 3 N–H and O–H groups in total. The van der Waals surface area contributed by atoms with Crippen molar-refractivity contribution in [1.82, 2.24) is 20.4 Å². The van der Waals surface area contributed by atoms with Crippen molar-refractivity contribution in [3.63, 3.8) is 0 Å². The van der Waals surface area contributed by atoms with Crippen LogP contribution in [0.1, 0.15) is 52.7 Å². The average Bonchev–Trinajstić information content (AvgIpc) is 3.32. The van der Waals surface area contributed by atoms with Crippen molar-refractivity contribution in [2.45, 2.75) is 51.7 Å². The van der Waals surface area contributed by atoms with E-state index in [1.165, 1.54) is 16.8 Å². The van der Waals surface area contributed by atoms with Crippen LogP contribution in [0.25, 0.3) is 0 Å².